The van der Waals surface area contributed by atoms with E-state index < -0.39 is 0 Å². The number of nitrogens with zero attached hydrogens (tertiary/aromatic N) is 3. The summed E-state index contributed by atoms with van der Waals surface area (Å²) in [6.07, 6.45) is 5.35. The Hall–Kier alpha value is -0.940. The van der Waals surface area contributed by atoms with Gasteiger partial charge in [0.05, 0.1) is 6.54 Å². The fourth-order valence-corrected chi connectivity index (χ4v) is 2.67. The molecule has 1 aromatic rings. The van der Waals surface area contributed by atoms with E-state index in [2.05, 4.69) is 28.9 Å². The molecule has 0 amide bonds. The number of aliphatic hydroxyl groups is 1. The summed E-state index contributed by atoms with van der Waals surface area (Å²) in [4.78, 5) is 6.74. The molecule has 2 rings (SSSR count). The SMILES string of the molecule is CCCCc1noc(CN2CCCC(C)(CO)C2)n1. The van der Waals surface area contributed by atoms with Crippen LogP contribution in [0.15, 0.2) is 4.52 Å². The maximum atomic E-state index is 9.46. The molecule has 0 radical (unpaired) electrons. The van der Waals surface area contributed by atoms with Gasteiger partial charge in [-0.3, -0.25) is 4.90 Å². The van der Waals surface area contributed by atoms with Crippen LogP contribution in [-0.4, -0.2) is 39.8 Å². The van der Waals surface area contributed by atoms with E-state index in [4.69, 9.17) is 4.52 Å². The molecule has 2 heterocycles. The fraction of sp³-hybridized carbons (Fsp3) is 0.857. The molecule has 0 saturated carbocycles. The van der Waals surface area contributed by atoms with Crippen LogP contribution in [-0.2, 0) is 13.0 Å². The van der Waals surface area contributed by atoms with E-state index in [9.17, 15) is 5.11 Å². The molecular formula is C14H25N3O2. The van der Waals surface area contributed by atoms with Gasteiger partial charge in [-0.15, -0.1) is 0 Å². The van der Waals surface area contributed by atoms with Crippen LogP contribution in [0, 0.1) is 5.41 Å². The molecule has 1 N–H and O–H groups in total. The second-order valence-electron chi connectivity index (χ2n) is 5.99. The number of unbranched alkanes of at least 4 members (excludes halogenated alkanes) is 1. The number of hydrogen-bond acceptors (Lipinski definition) is 5. The van der Waals surface area contributed by atoms with Gasteiger partial charge < -0.3 is 9.63 Å². The Balaban J connectivity index is 1.88. The maximum Gasteiger partial charge on any atom is 0.240 e. The minimum atomic E-state index is 0.0172. The van der Waals surface area contributed by atoms with E-state index in [1.165, 1.54) is 0 Å². The molecule has 5 heteroatoms. The zero-order valence-electron chi connectivity index (χ0n) is 12.1. The number of aliphatic hydroxyl groups excluding tert-OH is 1. The molecule has 1 fully saturated rings. The minimum absolute atomic E-state index is 0.0172. The number of rotatable bonds is 6. The Morgan fingerprint density at radius 3 is 3.05 bits per heavy atom. The summed E-state index contributed by atoms with van der Waals surface area (Å²) < 4.78 is 5.30. The first-order chi connectivity index (χ1) is 9.15. The molecule has 1 saturated heterocycles. The van der Waals surface area contributed by atoms with Gasteiger partial charge in [-0.25, -0.2) is 0 Å². The van der Waals surface area contributed by atoms with Crippen molar-refractivity contribution in [3.8, 4) is 0 Å². The Labute approximate surface area is 115 Å². The van der Waals surface area contributed by atoms with E-state index in [1.807, 2.05) is 0 Å². The van der Waals surface area contributed by atoms with E-state index in [0.29, 0.717) is 12.4 Å². The third-order valence-electron chi connectivity index (χ3n) is 3.86. The van der Waals surface area contributed by atoms with Crippen molar-refractivity contribution in [1.29, 1.82) is 0 Å². The normalized spacial score (nSPS) is 24.8. The highest BCUT2D eigenvalue weighted by Crippen LogP contribution is 2.29. The molecule has 1 aliphatic heterocycles. The monoisotopic (exact) mass is 267 g/mol. The molecule has 1 unspecified atom stereocenters. The summed E-state index contributed by atoms with van der Waals surface area (Å²) >= 11 is 0. The van der Waals surface area contributed by atoms with E-state index in [0.717, 1.165) is 51.0 Å². The molecule has 0 aromatic carbocycles. The van der Waals surface area contributed by atoms with Gasteiger partial charge in [-0.2, -0.15) is 4.98 Å². The van der Waals surface area contributed by atoms with Crippen molar-refractivity contribution in [3.63, 3.8) is 0 Å². The molecule has 5 nitrogen and oxygen atoms in total. The smallest absolute Gasteiger partial charge is 0.240 e. The predicted molar refractivity (Wildman–Crippen MR) is 72.6 cm³/mol. The van der Waals surface area contributed by atoms with Gasteiger partial charge in [0.1, 0.15) is 0 Å². The highest BCUT2D eigenvalue weighted by molar-refractivity contribution is 4.89. The van der Waals surface area contributed by atoms with Gasteiger partial charge in [-0.1, -0.05) is 25.4 Å². The third-order valence-corrected chi connectivity index (χ3v) is 3.86. The van der Waals surface area contributed by atoms with Crippen molar-refractivity contribution in [1.82, 2.24) is 15.0 Å². The standard InChI is InChI=1S/C14H25N3O2/c1-3-4-6-12-15-13(19-16-12)9-17-8-5-7-14(2,10-17)11-18/h18H,3-11H2,1-2H3. The van der Waals surface area contributed by atoms with Crippen molar-refractivity contribution < 1.29 is 9.63 Å². The van der Waals surface area contributed by atoms with Crippen LogP contribution in [0.25, 0.3) is 0 Å². The number of likely N-dealkylation sites (tertiary alicyclic amines) is 1. The fourth-order valence-electron chi connectivity index (χ4n) is 2.67. The number of hydrogen-bond donors (Lipinski definition) is 1. The summed E-state index contributed by atoms with van der Waals surface area (Å²) in [5, 5.41) is 13.5. The summed E-state index contributed by atoms with van der Waals surface area (Å²) in [6.45, 7) is 7.19. The van der Waals surface area contributed by atoms with Gasteiger partial charge >= 0.3 is 0 Å². The van der Waals surface area contributed by atoms with Crippen LogP contribution >= 0.6 is 0 Å². The van der Waals surface area contributed by atoms with Gasteiger partial charge in [0.15, 0.2) is 5.82 Å². The van der Waals surface area contributed by atoms with E-state index in [1.54, 1.807) is 0 Å². The Morgan fingerprint density at radius 2 is 2.32 bits per heavy atom. The second kappa shape index (κ2) is 6.48. The third kappa shape index (κ3) is 4.01. The van der Waals surface area contributed by atoms with Gasteiger partial charge in [0.2, 0.25) is 5.89 Å². The van der Waals surface area contributed by atoms with E-state index in [-0.39, 0.29) is 12.0 Å². The molecule has 108 valence electrons. The zero-order valence-corrected chi connectivity index (χ0v) is 12.1. The van der Waals surface area contributed by atoms with E-state index >= 15 is 0 Å². The molecule has 1 aromatic heterocycles. The van der Waals surface area contributed by atoms with Crippen LogP contribution in [0.4, 0.5) is 0 Å². The lowest BCUT2D eigenvalue weighted by Gasteiger charge is -2.38. The highest BCUT2D eigenvalue weighted by atomic mass is 16.5. The van der Waals surface area contributed by atoms with Crippen LogP contribution in [0.2, 0.25) is 0 Å². The van der Waals surface area contributed by atoms with Crippen molar-refractivity contribution >= 4 is 0 Å². The summed E-state index contributed by atoms with van der Waals surface area (Å²) in [7, 11) is 0. The minimum Gasteiger partial charge on any atom is -0.396 e. The van der Waals surface area contributed by atoms with Crippen LogP contribution in [0.5, 0.6) is 0 Å². The second-order valence-corrected chi connectivity index (χ2v) is 5.99. The Kier molecular flexibility index (Phi) is 4.93. The average molecular weight is 267 g/mol. The van der Waals surface area contributed by atoms with Crippen molar-refractivity contribution in [2.75, 3.05) is 19.7 Å². The lowest BCUT2D eigenvalue weighted by Crippen LogP contribution is -2.43. The molecule has 0 bridgehead atoms. The average Bonchev–Trinajstić information content (AvgIpc) is 2.84. The first-order valence-electron chi connectivity index (χ1n) is 7.30. The van der Waals surface area contributed by atoms with Gasteiger partial charge in [-0.05, 0) is 25.8 Å². The number of aryl methyl sites for hydroxylation is 1. The van der Waals surface area contributed by atoms with Gasteiger partial charge in [0.25, 0.3) is 0 Å². The quantitative estimate of drug-likeness (QED) is 0.854. The summed E-state index contributed by atoms with van der Waals surface area (Å²) in [5.74, 6) is 1.52. The van der Waals surface area contributed by atoms with Crippen LogP contribution in [0.3, 0.4) is 0 Å². The van der Waals surface area contributed by atoms with Crippen LogP contribution in [0.1, 0.15) is 51.2 Å². The van der Waals surface area contributed by atoms with Crippen molar-refractivity contribution in [2.45, 2.75) is 52.5 Å². The Bertz CT molecular complexity index is 394. The first-order valence-corrected chi connectivity index (χ1v) is 7.30. The van der Waals surface area contributed by atoms with Gasteiger partial charge in [0, 0.05) is 25.0 Å². The molecule has 1 atom stereocenters. The predicted octanol–water partition coefficient (Wildman–Crippen LogP) is 2.01. The lowest BCUT2D eigenvalue weighted by molar-refractivity contribution is 0.0382. The first kappa shape index (κ1) is 14.5. The van der Waals surface area contributed by atoms with Crippen molar-refractivity contribution in [3.05, 3.63) is 11.7 Å². The molecular weight excluding hydrogens is 242 g/mol. The highest BCUT2D eigenvalue weighted by Gasteiger charge is 2.30. The summed E-state index contributed by atoms with van der Waals surface area (Å²) in [6, 6.07) is 0. The molecule has 0 aliphatic carbocycles. The number of aromatic nitrogens is 2. The maximum absolute atomic E-state index is 9.46. The lowest BCUT2D eigenvalue weighted by atomic mass is 9.83. The zero-order chi connectivity index (χ0) is 13.7. The largest absolute Gasteiger partial charge is 0.396 e. The number of piperidine rings is 1. The topological polar surface area (TPSA) is 62.4 Å². The van der Waals surface area contributed by atoms with Crippen LogP contribution < -0.4 is 0 Å². The van der Waals surface area contributed by atoms with Crippen molar-refractivity contribution in [2.24, 2.45) is 5.41 Å². The Morgan fingerprint density at radius 1 is 1.47 bits per heavy atom. The molecule has 0 spiro atoms. The molecule has 19 heavy (non-hydrogen) atoms. The molecule has 1 aliphatic rings. The summed E-state index contributed by atoms with van der Waals surface area (Å²) in [5.41, 5.74) is 0.0172.